The van der Waals surface area contributed by atoms with Crippen LogP contribution in [0.2, 0.25) is 0 Å². The molecule has 2 saturated heterocycles. The molecule has 94 valence electrons. The Kier molecular flexibility index (Phi) is 3.88. The summed E-state index contributed by atoms with van der Waals surface area (Å²) in [5, 5.41) is 13.8. The molecule has 2 aliphatic rings. The Labute approximate surface area is 99.2 Å². The minimum atomic E-state index is -0.429. The number of rotatable bonds is 2. The van der Waals surface area contributed by atoms with Gasteiger partial charge < -0.3 is 10.4 Å². The molecular weight excluding hydrogens is 200 g/mol. The van der Waals surface area contributed by atoms with Crippen LogP contribution in [0.25, 0.3) is 0 Å². The van der Waals surface area contributed by atoms with Gasteiger partial charge in [-0.05, 0) is 44.2 Å². The van der Waals surface area contributed by atoms with E-state index in [4.69, 9.17) is 0 Å². The van der Waals surface area contributed by atoms with Gasteiger partial charge in [-0.1, -0.05) is 13.8 Å². The molecule has 0 spiro atoms. The zero-order valence-corrected chi connectivity index (χ0v) is 10.7. The van der Waals surface area contributed by atoms with Crippen molar-refractivity contribution in [2.75, 3.05) is 32.7 Å². The summed E-state index contributed by atoms with van der Waals surface area (Å²) in [4.78, 5) is 2.48. The number of β-amino-alcohol motifs (C(OH)–C–C–N with tert-alkyl or cyclic N) is 1. The van der Waals surface area contributed by atoms with Crippen LogP contribution in [0, 0.1) is 11.8 Å². The van der Waals surface area contributed by atoms with E-state index in [-0.39, 0.29) is 0 Å². The SMILES string of the molecule is CC1CC(C)CN(CC2(O)CCNCC2)C1. The van der Waals surface area contributed by atoms with Crippen LogP contribution in [0.3, 0.4) is 0 Å². The zero-order valence-electron chi connectivity index (χ0n) is 10.7. The maximum Gasteiger partial charge on any atom is 0.0798 e. The summed E-state index contributed by atoms with van der Waals surface area (Å²) < 4.78 is 0. The molecule has 0 bridgehead atoms. The Morgan fingerprint density at radius 2 is 1.75 bits per heavy atom. The fourth-order valence-electron chi connectivity index (χ4n) is 3.39. The minimum absolute atomic E-state index is 0.429. The molecule has 2 unspecified atom stereocenters. The molecule has 0 saturated carbocycles. The van der Waals surface area contributed by atoms with Gasteiger partial charge in [0.15, 0.2) is 0 Å². The van der Waals surface area contributed by atoms with E-state index in [0.717, 1.165) is 44.3 Å². The van der Waals surface area contributed by atoms with Crippen molar-refractivity contribution in [3.8, 4) is 0 Å². The standard InChI is InChI=1S/C13H26N2O/c1-11-7-12(2)9-15(8-11)10-13(16)3-5-14-6-4-13/h11-12,14,16H,3-10H2,1-2H3. The predicted octanol–water partition coefficient (Wildman–Crippen LogP) is 1.08. The van der Waals surface area contributed by atoms with Gasteiger partial charge in [-0.15, -0.1) is 0 Å². The second-order valence-corrected chi connectivity index (χ2v) is 6.11. The van der Waals surface area contributed by atoms with Crippen LogP contribution < -0.4 is 5.32 Å². The van der Waals surface area contributed by atoms with Crippen molar-refractivity contribution in [2.24, 2.45) is 11.8 Å². The molecule has 0 aromatic rings. The number of piperidine rings is 2. The third-order valence-electron chi connectivity index (χ3n) is 4.00. The third kappa shape index (κ3) is 3.19. The summed E-state index contributed by atoms with van der Waals surface area (Å²) in [6.45, 7) is 9.80. The van der Waals surface area contributed by atoms with Crippen molar-refractivity contribution in [3.63, 3.8) is 0 Å². The Morgan fingerprint density at radius 1 is 1.19 bits per heavy atom. The van der Waals surface area contributed by atoms with Gasteiger partial charge in [0.1, 0.15) is 0 Å². The molecule has 3 heteroatoms. The van der Waals surface area contributed by atoms with Crippen molar-refractivity contribution < 1.29 is 5.11 Å². The van der Waals surface area contributed by atoms with Gasteiger partial charge in [0.25, 0.3) is 0 Å². The molecule has 0 aliphatic carbocycles. The van der Waals surface area contributed by atoms with Crippen LogP contribution >= 0.6 is 0 Å². The second kappa shape index (κ2) is 5.03. The summed E-state index contributed by atoms with van der Waals surface area (Å²) in [5.74, 6) is 1.57. The fraction of sp³-hybridized carbons (Fsp3) is 1.00. The molecule has 0 radical (unpaired) electrons. The lowest BCUT2D eigenvalue weighted by Crippen LogP contribution is -2.52. The number of nitrogens with zero attached hydrogens (tertiary/aromatic N) is 1. The molecule has 2 atom stereocenters. The lowest BCUT2D eigenvalue weighted by molar-refractivity contribution is -0.0338. The zero-order chi connectivity index (χ0) is 11.6. The highest BCUT2D eigenvalue weighted by atomic mass is 16.3. The van der Waals surface area contributed by atoms with Gasteiger partial charge in [0.05, 0.1) is 5.60 Å². The molecule has 2 N–H and O–H groups in total. The van der Waals surface area contributed by atoms with Crippen molar-refractivity contribution >= 4 is 0 Å². The Hall–Kier alpha value is -0.120. The quantitative estimate of drug-likeness (QED) is 0.739. The normalized spacial score (nSPS) is 36.2. The molecule has 2 rings (SSSR count). The molecule has 16 heavy (non-hydrogen) atoms. The summed E-state index contributed by atoms with van der Waals surface area (Å²) in [7, 11) is 0. The third-order valence-corrected chi connectivity index (χ3v) is 4.00. The Bertz CT molecular complexity index is 216. The first-order valence-corrected chi connectivity index (χ1v) is 6.73. The lowest BCUT2D eigenvalue weighted by Gasteiger charge is -2.41. The predicted molar refractivity (Wildman–Crippen MR) is 66.4 cm³/mol. The van der Waals surface area contributed by atoms with Crippen LogP contribution in [0.5, 0.6) is 0 Å². The molecule has 2 aliphatic heterocycles. The van der Waals surface area contributed by atoms with E-state index >= 15 is 0 Å². The van der Waals surface area contributed by atoms with E-state index in [9.17, 15) is 5.11 Å². The number of aliphatic hydroxyl groups is 1. The summed E-state index contributed by atoms with van der Waals surface area (Å²) in [6.07, 6.45) is 3.16. The van der Waals surface area contributed by atoms with Crippen molar-refractivity contribution in [3.05, 3.63) is 0 Å². The maximum atomic E-state index is 10.5. The van der Waals surface area contributed by atoms with Gasteiger partial charge in [-0.2, -0.15) is 0 Å². The number of hydrogen-bond donors (Lipinski definition) is 2. The minimum Gasteiger partial charge on any atom is -0.388 e. The van der Waals surface area contributed by atoms with Crippen molar-refractivity contribution in [1.82, 2.24) is 10.2 Å². The number of likely N-dealkylation sites (tertiary alicyclic amines) is 1. The Balaban J connectivity index is 1.87. The number of hydrogen-bond acceptors (Lipinski definition) is 3. The summed E-state index contributed by atoms with van der Waals surface area (Å²) in [5.41, 5.74) is -0.429. The fourth-order valence-corrected chi connectivity index (χ4v) is 3.39. The smallest absolute Gasteiger partial charge is 0.0798 e. The monoisotopic (exact) mass is 226 g/mol. The lowest BCUT2D eigenvalue weighted by atomic mass is 9.87. The maximum absolute atomic E-state index is 10.5. The highest BCUT2D eigenvalue weighted by molar-refractivity contribution is 4.89. The molecule has 0 amide bonds. The highest BCUT2D eigenvalue weighted by Gasteiger charge is 2.33. The van der Waals surface area contributed by atoms with Crippen molar-refractivity contribution in [1.29, 1.82) is 0 Å². The Morgan fingerprint density at radius 3 is 2.31 bits per heavy atom. The van der Waals surface area contributed by atoms with Crippen LogP contribution in [-0.2, 0) is 0 Å². The second-order valence-electron chi connectivity index (χ2n) is 6.11. The molecule has 3 nitrogen and oxygen atoms in total. The average molecular weight is 226 g/mol. The average Bonchev–Trinajstić information content (AvgIpc) is 2.15. The molecule has 2 fully saturated rings. The van der Waals surface area contributed by atoms with E-state index in [2.05, 4.69) is 24.1 Å². The van der Waals surface area contributed by atoms with E-state index in [0.29, 0.717) is 0 Å². The van der Waals surface area contributed by atoms with E-state index in [1.807, 2.05) is 0 Å². The van der Waals surface area contributed by atoms with Gasteiger partial charge in [-0.3, -0.25) is 4.90 Å². The van der Waals surface area contributed by atoms with Crippen LogP contribution in [0.1, 0.15) is 33.1 Å². The molecule has 0 aromatic heterocycles. The molecule has 2 heterocycles. The first-order valence-electron chi connectivity index (χ1n) is 6.73. The first-order chi connectivity index (χ1) is 7.57. The van der Waals surface area contributed by atoms with Crippen LogP contribution in [0.4, 0.5) is 0 Å². The summed E-state index contributed by atoms with van der Waals surface area (Å²) in [6, 6.07) is 0. The van der Waals surface area contributed by atoms with E-state index < -0.39 is 5.60 Å². The molecule has 0 aromatic carbocycles. The number of nitrogens with one attached hydrogen (secondary N) is 1. The topological polar surface area (TPSA) is 35.5 Å². The van der Waals surface area contributed by atoms with Gasteiger partial charge in [0.2, 0.25) is 0 Å². The van der Waals surface area contributed by atoms with Gasteiger partial charge >= 0.3 is 0 Å². The first kappa shape index (κ1) is 12.3. The van der Waals surface area contributed by atoms with E-state index in [1.165, 1.54) is 19.5 Å². The van der Waals surface area contributed by atoms with Gasteiger partial charge in [-0.25, -0.2) is 0 Å². The summed E-state index contributed by atoms with van der Waals surface area (Å²) >= 11 is 0. The largest absolute Gasteiger partial charge is 0.388 e. The molecular formula is C13H26N2O. The van der Waals surface area contributed by atoms with Crippen molar-refractivity contribution in [2.45, 2.75) is 38.7 Å². The van der Waals surface area contributed by atoms with E-state index in [1.54, 1.807) is 0 Å². The van der Waals surface area contributed by atoms with Gasteiger partial charge in [0, 0.05) is 19.6 Å². The highest BCUT2D eigenvalue weighted by Crippen LogP contribution is 2.25. The van der Waals surface area contributed by atoms with Crippen LogP contribution in [0.15, 0.2) is 0 Å². The van der Waals surface area contributed by atoms with Crippen LogP contribution in [-0.4, -0.2) is 48.3 Å².